The van der Waals surface area contributed by atoms with E-state index in [1.165, 1.54) is 0 Å². The van der Waals surface area contributed by atoms with E-state index in [1.54, 1.807) is 13.8 Å². The SMILES string of the molecule is CC(C)(Cc1ccc(Cl)cc1)OC(=O)C(C)(C)N. The van der Waals surface area contributed by atoms with Gasteiger partial charge in [0.25, 0.3) is 0 Å². The Bertz CT molecular complexity index is 418. The maximum Gasteiger partial charge on any atom is 0.326 e. The summed E-state index contributed by atoms with van der Waals surface area (Å²) in [7, 11) is 0. The second-order valence-corrected chi connectivity index (χ2v) is 6.11. The zero-order valence-corrected chi connectivity index (χ0v) is 12.0. The first kappa shape index (κ1) is 15.0. The summed E-state index contributed by atoms with van der Waals surface area (Å²) < 4.78 is 5.44. The van der Waals surface area contributed by atoms with Gasteiger partial charge in [-0.2, -0.15) is 0 Å². The first-order valence-corrected chi connectivity index (χ1v) is 6.25. The Labute approximate surface area is 113 Å². The van der Waals surface area contributed by atoms with E-state index in [0.717, 1.165) is 5.56 Å². The Kier molecular flexibility index (Phi) is 4.41. The van der Waals surface area contributed by atoms with E-state index in [4.69, 9.17) is 22.1 Å². The van der Waals surface area contributed by atoms with E-state index in [0.29, 0.717) is 11.4 Å². The summed E-state index contributed by atoms with van der Waals surface area (Å²) in [4.78, 5) is 11.8. The van der Waals surface area contributed by atoms with Gasteiger partial charge in [-0.05, 0) is 45.4 Å². The van der Waals surface area contributed by atoms with Crippen LogP contribution in [0.1, 0.15) is 33.3 Å². The molecule has 4 heteroatoms. The number of carbonyl (C=O) groups is 1. The molecule has 0 saturated heterocycles. The van der Waals surface area contributed by atoms with Gasteiger partial charge in [0.15, 0.2) is 0 Å². The maximum atomic E-state index is 11.8. The number of hydrogen-bond acceptors (Lipinski definition) is 3. The molecule has 0 heterocycles. The van der Waals surface area contributed by atoms with Gasteiger partial charge in [0.05, 0.1) is 0 Å². The Balaban J connectivity index is 2.70. The van der Waals surface area contributed by atoms with E-state index in [1.807, 2.05) is 38.1 Å². The van der Waals surface area contributed by atoms with E-state index in [9.17, 15) is 4.79 Å². The van der Waals surface area contributed by atoms with Crippen molar-refractivity contribution in [3.8, 4) is 0 Å². The molecule has 18 heavy (non-hydrogen) atoms. The van der Waals surface area contributed by atoms with Crippen molar-refractivity contribution in [3.05, 3.63) is 34.9 Å². The number of halogens is 1. The summed E-state index contributed by atoms with van der Waals surface area (Å²) in [5, 5.41) is 0.691. The molecular formula is C14H20ClNO2. The van der Waals surface area contributed by atoms with Crippen LogP contribution in [0.15, 0.2) is 24.3 Å². The normalized spacial score (nSPS) is 12.3. The van der Waals surface area contributed by atoms with Crippen molar-refractivity contribution in [2.75, 3.05) is 0 Å². The quantitative estimate of drug-likeness (QED) is 0.855. The Morgan fingerprint density at radius 3 is 2.17 bits per heavy atom. The molecule has 0 spiro atoms. The van der Waals surface area contributed by atoms with Crippen LogP contribution in [0.2, 0.25) is 5.02 Å². The third kappa shape index (κ3) is 4.67. The molecular weight excluding hydrogens is 250 g/mol. The molecule has 2 N–H and O–H groups in total. The molecule has 3 nitrogen and oxygen atoms in total. The molecule has 0 aliphatic heterocycles. The fourth-order valence-corrected chi connectivity index (χ4v) is 1.64. The number of benzene rings is 1. The third-order valence-corrected chi connectivity index (χ3v) is 2.69. The zero-order valence-electron chi connectivity index (χ0n) is 11.3. The lowest BCUT2D eigenvalue weighted by Crippen LogP contribution is -2.47. The lowest BCUT2D eigenvalue weighted by atomic mass is 9.97. The van der Waals surface area contributed by atoms with Crippen molar-refractivity contribution in [2.45, 2.75) is 45.3 Å². The monoisotopic (exact) mass is 269 g/mol. The smallest absolute Gasteiger partial charge is 0.326 e. The summed E-state index contributed by atoms with van der Waals surface area (Å²) in [6.07, 6.45) is 0.617. The summed E-state index contributed by atoms with van der Waals surface area (Å²) in [5.74, 6) is -0.401. The summed E-state index contributed by atoms with van der Waals surface area (Å²) in [5.41, 5.74) is 5.20. The van der Waals surface area contributed by atoms with E-state index >= 15 is 0 Å². The highest BCUT2D eigenvalue weighted by Crippen LogP contribution is 2.20. The minimum atomic E-state index is -0.975. The fraction of sp³-hybridized carbons (Fsp3) is 0.500. The predicted octanol–water partition coefficient (Wildman–Crippen LogP) is 2.94. The van der Waals surface area contributed by atoms with E-state index in [-0.39, 0.29) is 0 Å². The third-order valence-electron chi connectivity index (χ3n) is 2.44. The summed E-state index contributed by atoms with van der Waals surface area (Å²) in [6, 6.07) is 7.49. The first-order chi connectivity index (χ1) is 8.10. The minimum Gasteiger partial charge on any atom is -0.458 e. The molecule has 0 aliphatic carbocycles. The van der Waals surface area contributed by atoms with Crippen LogP contribution in [0.3, 0.4) is 0 Å². The van der Waals surface area contributed by atoms with Gasteiger partial charge in [-0.15, -0.1) is 0 Å². The molecule has 1 aromatic carbocycles. The average Bonchev–Trinajstić information content (AvgIpc) is 2.19. The van der Waals surface area contributed by atoms with Crippen LogP contribution in [0.4, 0.5) is 0 Å². The second-order valence-electron chi connectivity index (χ2n) is 5.67. The van der Waals surface area contributed by atoms with Gasteiger partial charge in [0.1, 0.15) is 11.1 Å². The number of carbonyl (C=O) groups excluding carboxylic acids is 1. The van der Waals surface area contributed by atoms with Crippen molar-refractivity contribution in [2.24, 2.45) is 5.73 Å². The predicted molar refractivity (Wildman–Crippen MR) is 73.6 cm³/mol. The Hall–Kier alpha value is -1.06. The van der Waals surface area contributed by atoms with Crippen molar-refractivity contribution in [1.29, 1.82) is 0 Å². The molecule has 1 aromatic rings. The molecule has 0 radical (unpaired) electrons. The van der Waals surface area contributed by atoms with Crippen molar-refractivity contribution in [1.82, 2.24) is 0 Å². The highest BCUT2D eigenvalue weighted by Gasteiger charge is 2.31. The van der Waals surface area contributed by atoms with E-state index < -0.39 is 17.1 Å². The van der Waals surface area contributed by atoms with Crippen LogP contribution in [0.5, 0.6) is 0 Å². The molecule has 0 unspecified atom stereocenters. The van der Waals surface area contributed by atoms with Gasteiger partial charge in [-0.1, -0.05) is 23.7 Å². The van der Waals surface area contributed by atoms with Gasteiger partial charge in [-0.25, -0.2) is 0 Å². The molecule has 1 rings (SSSR count). The van der Waals surface area contributed by atoms with Crippen LogP contribution in [0.25, 0.3) is 0 Å². The standard InChI is InChI=1S/C14H20ClNO2/c1-13(2,18-12(17)14(3,4)16)9-10-5-7-11(15)8-6-10/h5-8H,9,16H2,1-4H3. The maximum absolute atomic E-state index is 11.8. The number of ether oxygens (including phenoxy) is 1. The summed E-state index contributed by atoms with van der Waals surface area (Å²) >= 11 is 5.83. The summed E-state index contributed by atoms with van der Waals surface area (Å²) in [6.45, 7) is 7.00. The Morgan fingerprint density at radius 2 is 1.72 bits per heavy atom. The number of nitrogens with two attached hydrogens (primary N) is 1. The first-order valence-electron chi connectivity index (χ1n) is 5.87. The van der Waals surface area contributed by atoms with Gasteiger partial charge in [-0.3, -0.25) is 4.79 Å². The van der Waals surface area contributed by atoms with Crippen LogP contribution in [-0.4, -0.2) is 17.1 Å². The van der Waals surface area contributed by atoms with Crippen molar-refractivity contribution < 1.29 is 9.53 Å². The molecule has 0 bridgehead atoms. The minimum absolute atomic E-state index is 0.401. The van der Waals surface area contributed by atoms with Crippen LogP contribution < -0.4 is 5.73 Å². The molecule has 0 amide bonds. The van der Waals surface area contributed by atoms with E-state index in [2.05, 4.69) is 0 Å². The van der Waals surface area contributed by atoms with Gasteiger partial charge in [0.2, 0.25) is 0 Å². The number of esters is 1. The zero-order chi connectivity index (χ0) is 14.0. The van der Waals surface area contributed by atoms with Crippen LogP contribution in [0, 0.1) is 0 Å². The van der Waals surface area contributed by atoms with Gasteiger partial charge >= 0.3 is 5.97 Å². The number of hydrogen-bond donors (Lipinski definition) is 1. The van der Waals surface area contributed by atoms with Crippen LogP contribution >= 0.6 is 11.6 Å². The van der Waals surface area contributed by atoms with Crippen molar-refractivity contribution >= 4 is 17.6 Å². The lowest BCUT2D eigenvalue weighted by Gasteiger charge is -2.29. The van der Waals surface area contributed by atoms with Crippen LogP contribution in [-0.2, 0) is 16.0 Å². The fourth-order valence-electron chi connectivity index (χ4n) is 1.51. The molecule has 0 aliphatic rings. The molecule has 0 fully saturated rings. The lowest BCUT2D eigenvalue weighted by molar-refractivity contribution is -0.161. The second kappa shape index (κ2) is 5.29. The van der Waals surface area contributed by atoms with Gasteiger partial charge < -0.3 is 10.5 Å². The molecule has 0 aromatic heterocycles. The molecule has 100 valence electrons. The molecule has 0 saturated carbocycles. The largest absolute Gasteiger partial charge is 0.458 e. The Morgan fingerprint density at radius 1 is 1.22 bits per heavy atom. The van der Waals surface area contributed by atoms with Crippen molar-refractivity contribution in [3.63, 3.8) is 0 Å². The average molecular weight is 270 g/mol. The number of rotatable bonds is 4. The topological polar surface area (TPSA) is 52.3 Å². The molecule has 0 atom stereocenters. The van der Waals surface area contributed by atoms with Gasteiger partial charge in [0, 0.05) is 11.4 Å². The highest BCUT2D eigenvalue weighted by atomic mass is 35.5. The highest BCUT2D eigenvalue weighted by molar-refractivity contribution is 6.30.